The van der Waals surface area contributed by atoms with E-state index < -0.39 is 11.6 Å². The monoisotopic (exact) mass is 334 g/mol. The van der Waals surface area contributed by atoms with Crippen LogP contribution in [0, 0.1) is 0 Å². The molecule has 2 aromatic heterocycles. The van der Waals surface area contributed by atoms with Crippen molar-refractivity contribution in [3.63, 3.8) is 0 Å². The molecule has 2 aromatic rings. The molecule has 0 unspecified atom stereocenters. The molecule has 3 rings (SSSR count). The lowest BCUT2D eigenvalue weighted by Crippen LogP contribution is -2.40. The van der Waals surface area contributed by atoms with Gasteiger partial charge in [-0.1, -0.05) is 20.8 Å². The summed E-state index contributed by atoms with van der Waals surface area (Å²) in [6, 6.07) is 1.37. The summed E-state index contributed by atoms with van der Waals surface area (Å²) in [6.07, 6.45) is 0. The van der Waals surface area contributed by atoms with Gasteiger partial charge in [0.2, 0.25) is 11.8 Å². The third-order valence-electron chi connectivity index (χ3n) is 3.78. The maximum Gasteiger partial charge on any atom is 0.325 e. The Balaban J connectivity index is 1.83. The number of thiophene rings is 1. The largest absolute Gasteiger partial charge is 0.423 e. The quantitative estimate of drug-likeness (QED) is 0.871. The van der Waals surface area contributed by atoms with Crippen molar-refractivity contribution in [3.8, 4) is 0 Å². The summed E-state index contributed by atoms with van der Waals surface area (Å²) in [5.41, 5.74) is -0.568. The average Bonchev–Trinajstić information content (AvgIpc) is 3.16. The first-order valence-corrected chi connectivity index (χ1v) is 8.16. The Hall–Kier alpha value is -2.22. The summed E-state index contributed by atoms with van der Waals surface area (Å²) in [4.78, 5) is 26.0. The van der Waals surface area contributed by atoms with Crippen molar-refractivity contribution in [3.05, 3.63) is 34.2 Å². The zero-order valence-electron chi connectivity index (χ0n) is 13.4. The van der Waals surface area contributed by atoms with E-state index in [0.29, 0.717) is 5.89 Å². The third kappa shape index (κ3) is 2.63. The number of carbonyl (C=O) groups excluding carboxylic acids is 2. The zero-order chi connectivity index (χ0) is 16.8. The highest BCUT2D eigenvalue weighted by Gasteiger charge is 2.49. The fraction of sp³-hybridized carbons (Fsp3) is 0.467. The Morgan fingerprint density at radius 3 is 2.65 bits per heavy atom. The molecule has 0 radical (unpaired) electrons. The highest BCUT2D eigenvalue weighted by molar-refractivity contribution is 7.08. The molecule has 1 aliphatic rings. The van der Waals surface area contributed by atoms with E-state index in [2.05, 4.69) is 15.5 Å². The van der Waals surface area contributed by atoms with E-state index in [1.54, 1.807) is 6.92 Å². The number of nitrogens with zero attached hydrogens (tertiary/aromatic N) is 3. The zero-order valence-corrected chi connectivity index (χ0v) is 14.2. The van der Waals surface area contributed by atoms with Crippen molar-refractivity contribution in [2.24, 2.45) is 0 Å². The van der Waals surface area contributed by atoms with Crippen molar-refractivity contribution in [2.45, 2.75) is 45.2 Å². The van der Waals surface area contributed by atoms with Gasteiger partial charge in [0, 0.05) is 5.41 Å². The van der Waals surface area contributed by atoms with Crippen LogP contribution >= 0.6 is 11.3 Å². The normalized spacial score (nSPS) is 21.8. The minimum Gasteiger partial charge on any atom is -0.423 e. The van der Waals surface area contributed by atoms with Crippen molar-refractivity contribution in [1.82, 2.24) is 20.4 Å². The number of hydrogen-bond donors (Lipinski definition) is 1. The molecule has 0 bridgehead atoms. The summed E-state index contributed by atoms with van der Waals surface area (Å²) >= 11 is 1.48. The first-order chi connectivity index (χ1) is 10.7. The number of nitrogens with one attached hydrogen (secondary N) is 1. The van der Waals surface area contributed by atoms with E-state index in [4.69, 9.17) is 4.42 Å². The Morgan fingerprint density at radius 2 is 2.09 bits per heavy atom. The lowest BCUT2D eigenvalue weighted by atomic mass is 9.95. The second-order valence-corrected chi connectivity index (χ2v) is 7.49. The van der Waals surface area contributed by atoms with Gasteiger partial charge in [0.1, 0.15) is 12.1 Å². The fourth-order valence-corrected chi connectivity index (χ4v) is 3.11. The van der Waals surface area contributed by atoms with Crippen molar-refractivity contribution in [1.29, 1.82) is 0 Å². The fourth-order valence-electron chi connectivity index (χ4n) is 2.34. The highest BCUT2D eigenvalue weighted by atomic mass is 32.1. The van der Waals surface area contributed by atoms with Crippen LogP contribution in [-0.2, 0) is 22.3 Å². The van der Waals surface area contributed by atoms with Crippen molar-refractivity contribution < 1.29 is 14.0 Å². The van der Waals surface area contributed by atoms with E-state index in [1.165, 1.54) is 11.3 Å². The molecular weight excluding hydrogens is 316 g/mol. The second kappa shape index (κ2) is 5.16. The van der Waals surface area contributed by atoms with Gasteiger partial charge in [-0.15, -0.1) is 10.2 Å². The Morgan fingerprint density at radius 1 is 1.35 bits per heavy atom. The van der Waals surface area contributed by atoms with Crippen molar-refractivity contribution >= 4 is 23.3 Å². The van der Waals surface area contributed by atoms with Crippen LogP contribution in [-0.4, -0.2) is 27.0 Å². The van der Waals surface area contributed by atoms with Gasteiger partial charge >= 0.3 is 6.03 Å². The first kappa shape index (κ1) is 15.7. The Labute approximate surface area is 137 Å². The number of aromatic nitrogens is 2. The van der Waals surface area contributed by atoms with Gasteiger partial charge in [0.05, 0.1) is 0 Å². The van der Waals surface area contributed by atoms with Crippen molar-refractivity contribution in [2.75, 3.05) is 0 Å². The van der Waals surface area contributed by atoms with E-state index in [1.807, 2.05) is 37.6 Å². The molecule has 1 saturated heterocycles. The molecule has 1 fully saturated rings. The molecular formula is C15H18N4O3S. The predicted molar refractivity (Wildman–Crippen MR) is 83.8 cm³/mol. The van der Waals surface area contributed by atoms with Crippen LogP contribution in [0.1, 0.15) is 45.0 Å². The Bertz CT molecular complexity index is 747. The van der Waals surface area contributed by atoms with Crippen LogP contribution in [0.15, 0.2) is 21.2 Å². The molecule has 1 aliphatic heterocycles. The molecule has 0 saturated carbocycles. The molecule has 3 amide bonds. The second-order valence-electron chi connectivity index (χ2n) is 6.71. The van der Waals surface area contributed by atoms with Gasteiger partial charge in [-0.3, -0.25) is 9.69 Å². The molecule has 8 heteroatoms. The topological polar surface area (TPSA) is 88.3 Å². The molecule has 23 heavy (non-hydrogen) atoms. The van der Waals surface area contributed by atoms with Gasteiger partial charge in [-0.05, 0) is 29.3 Å². The first-order valence-electron chi connectivity index (χ1n) is 7.21. The van der Waals surface area contributed by atoms with E-state index in [0.717, 1.165) is 10.5 Å². The summed E-state index contributed by atoms with van der Waals surface area (Å²) in [7, 11) is 0. The lowest BCUT2D eigenvalue weighted by molar-refractivity contribution is -0.131. The molecule has 122 valence electrons. The van der Waals surface area contributed by atoms with Crippen LogP contribution in [0.4, 0.5) is 4.79 Å². The number of carbonyl (C=O) groups is 2. The summed E-state index contributed by atoms with van der Waals surface area (Å²) in [5, 5.41) is 14.4. The van der Waals surface area contributed by atoms with Gasteiger partial charge in [-0.25, -0.2) is 4.79 Å². The molecule has 0 aliphatic carbocycles. The average molecular weight is 334 g/mol. The van der Waals surface area contributed by atoms with Gasteiger partial charge in [0.25, 0.3) is 5.91 Å². The third-order valence-corrected chi connectivity index (χ3v) is 4.46. The number of rotatable bonds is 3. The summed E-state index contributed by atoms with van der Waals surface area (Å²) < 4.78 is 5.57. The molecule has 7 nitrogen and oxygen atoms in total. The molecule has 0 spiro atoms. The van der Waals surface area contributed by atoms with Gasteiger partial charge in [0.15, 0.2) is 0 Å². The predicted octanol–water partition coefficient (Wildman–Crippen LogP) is 2.40. The smallest absolute Gasteiger partial charge is 0.325 e. The highest BCUT2D eigenvalue weighted by Crippen LogP contribution is 2.31. The molecule has 3 heterocycles. The minimum absolute atomic E-state index is 0.0343. The minimum atomic E-state index is -1.05. The van der Waals surface area contributed by atoms with Crippen LogP contribution in [0.3, 0.4) is 0 Å². The number of urea groups is 1. The van der Waals surface area contributed by atoms with E-state index in [-0.39, 0.29) is 23.8 Å². The number of hydrogen-bond acceptors (Lipinski definition) is 6. The number of amides is 3. The van der Waals surface area contributed by atoms with Crippen LogP contribution in [0.25, 0.3) is 0 Å². The van der Waals surface area contributed by atoms with E-state index in [9.17, 15) is 9.59 Å². The summed E-state index contributed by atoms with van der Waals surface area (Å²) in [6.45, 7) is 7.51. The van der Waals surface area contributed by atoms with Crippen LogP contribution in [0.5, 0.6) is 0 Å². The SMILES string of the molecule is CC(C)(C)c1nnc(CN2C(=O)N[C@@](C)(c3ccsc3)C2=O)o1. The van der Waals surface area contributed by atoms with Gasteiger partial charge in [-0.2, -0.15) is 11.3 Å². The standard InChI is InChI=1S/C15H18N4O3S/c1-14(2,3)11-18-17-10(22-11)7-19-12(20)15(4,16-13(19)21)9-5-6-23-8-9/h5-6,8H,7H2,1-4H3,(H,16,21)/t15-/m0/s1. The lowest BCUT2D eigenvalue weighted by Gasteiger charge is -2.20. The molecule has 0 aromatic carbocycles. The molecule has 1 N–H and O–H groups in total. The van der Waals surface area contributed by atoms with Crippen LogP contribution < -0.4 is 5.32 Å². The summed E-state index contributed by atoms with van der Waals surface area (Å²) in [5.74, 6) is 0.393. The maximum absolute atomic E-state index is 12.7. The van der Waals surface area contributed by atoms with E-state index >= 15 is 0 Å². The van der Waals surface area contributed by atoms with Gasteiger partial charge < -0.3 is 9.73 Å². The maximum atomic E-state index is 12.7. The Kier molecular flexibility index (Phi) is 3.51. The van der Waals surface area contributed by atoms with Crippen LogP contribution in [0.2, 0.25) is 0 Å². The number of imide groups is 1. The molecule has 1 atom stereocenters.